The van der Waals surface area contributed by atoms with Crippen LogP contribution in [-0.2, 0) is 9.59 Å². The lowest BCUT2D eigenvalue weighted by molar-refractivity contribution is -0.137. The Balaban J connectivity index is 1.91. The topological polar surface area (TPSA) is 69.6 Å². The van der Waals surface area contributed by atoms with Gasteiger partial charge in [0.15, 0.2) is 0 Å². The summed E-state index contributed by atoms with van der Waals surface area (Å²) < 4.78 is 0. The third-order valence-corrected chi connectivity index (χ3v) is 3.81. The fourth-order valence-electron chi connectivity index (χ4n) is 2.51. The average molecular weight is 340 g/mol. The first kappa shape index (κ1) is 18.5. The molecule has 0 bridgehead atoms. The SMILES string of the molecule is O=C(O)CCCCCCC(=O)N(Nc1ccccc1)c1ccccc1. The highest BCUT2D eigenvalue weighted by Gasteiger charge is 2.15. The number of carbonyl (C=O) groups excluding carboxylic acids is 1. The molecule has 2 rings (SSSR count). The zero-order valence-corrected chi connectivity index (χ0v) is 14.2. The molecule has 0 atom stereocenters. The van der Waals surface area contributed by atoms with Gasteiger partial charge < -0.3 is 5.11 Å². The number of aliphatic carboxylic acids is 1. The van der Waals surface area contributed by atoms with Gasteiger partial charge in [0, 0.05) is 12.8 Å². The molecular weight excluding hydrogens is 316 g/mol. The van der Waals surface area contributed by atoms with Crippen LogP contribution in [0.1, 0.15) is 38.5 Å². The van der Waals surface area contributed by atoms with Gasteiger partial charge in [-0.3, -0.25) is 15.0 Å². The Kier molecular flexibility index (Phi) is 7.50. The first-order chi connectivity index (χ1) is 12.2. The van der Waals surface area contributed by atoms with Crippen molar-refractivity contribution in [1.29, 1.82) is 0 Å². The molecule has 1 amide bonds. The molecular formula is C20H24N2O3. The lowest BCUT2D eigenvalue weighted by atomic mass is 10.1. The van der Waals surface area contributed by atoms with E-state index in [0.717, 1.165) is 30.6 Å². The van der Waals surface area contributed by atoms with E-state index in [9.17, 15) is 9.59 Å². The predicted octanol–water partition coefficient (Wildman–Crippen LogP) is 4.47. The maximum atomic E-state index is 12.7. The number of rotatable bonds is 10. The largest absolute Gasteiger partial charge is 0.481 e. The van der Waals surface area contributed by atoms with Gasteiger partial charge in [-0.2, -0.15) is 0 Å². The van der Waals surface area contributed by atoms with Crippen LogP contribution in [0.25, 0.3) is 0 Å². The number of nitrogens with zero attached hydrogens (tertiary/aromatic N) is 1. The normalized spacial score (nSPS) is 10.2. The van der Waals surface area contributed by atoms with Gasteiger partial charge >= 0.3 is 5.97 Å². The Morgan fingerprint density at radius 1 is 0.800 bits per heavy atom. The van der Waals surface area contributed by atoms with E-state index in [0.29, 0.717) is 12.8 Å². The lowest BCUT2D eigenvalue weighted by Crippen LogP contribution is -2.36. The third kappa shape index (κ3) is 6.67. The molecule has 2 aromatic rings. The second kappa shape index (κ2) is 10.1. The molecule has 2 N–H and O–H groups in total. The van der Waals surface area contributed by atoms with Crippen molar-refractivity contribution in [1.82, 2.24) is 0 Å². The highest BCUT2D eigenvalue weighted by Crippen LogP contribution is 2.18. The standard InChI is InChI=1S/C20H24N2O3/c23-19(15-9-1-2-10-16-20(24)25)22(18-13-7-4-8-14-18)21-17-11-5-3-6-12-17/h3-8,11-14,21H,1-2,9-10,15-16H2,(H,24,25). The summed E-state index contributed by atoms with van der Waals surface area (Å²) >= 11 is 0. The molecule has 0 saturated heterocycles. The number of hydrogen-bond donors (Lipinski definition) is 2. The molecule has 0 aliphatic carbocycles. The van der Waals surface area contributed by atoms with Crippen LogP contribution in [0.2, 0.25) is 0 Å². The second-order valence-corrected chi connectivity index (χ2v) is 5.85. The van der Waals surface area contributed by atoms with Crippen LogP contribution in [0.3, 0.4) is 0 Å². The van der Waals surface area contributed by atoms with Gasteiger partial charge in [-0.15, -0.1) is 0 Å². The Morgan fingerprint density at radius 3 is 1.96 bits per heavy atom. The first-order valence-corrected chi connectivity index (χ1v) is 8.58. The molecule has 0 unspecified atom stereocenters. The van der Waals surface area contributed by atoms with Gasteiger partial charge in [0.2, 0.25) is 5.91 Å². The zero-order valence-electron chi connectivity index (χ0n) is 14.2. The van der Waals surface area contributed by atoms with Gasteiger partial charge in [-0.25, -0.2) is 5.01 Å². The highest BCUT2D eigenvalue weighted by molar-refractivity contribution is 5.95. The van der Waals surface area contributed by atoms with Crippen LogP contribution in [0.4, 0.5) is 11.4 Å². The van der Waals surface area contributed by atoms with E-state index in [4.69, 9.17) is 5.11 Å². The second-order valence-electron chi connectivity index (χ2n) is 5.85. The molecule has 0 aliphatic rings. The van der Waals surface area contributed by atoms with Crippen molar-refractivity contribution in [3.63, 3.8) is 0 Å². The summed E-state index contributed by atoms with van der Waals surface area (Å²) in [5.74, 6) is -0.772. The van der Waals surface area contributed by atoms with Crippen molar-refractivity contribution < 1.29 is 14.7 Å². The molecule has 0 spiro atoms. The summed E-state index contributed by atoms with van der Waals surface area (Å²) in [4.78, 5) is 23.1. The number of carboxylic acid groups (broad SMARTS) is 1. The van der Waals surface area contributed by atoms with Gasteiger partial charge in [-0.05, 0) is 37.1 Å². The number of carbonyl (C=O) groups is 2. The number of nitrogens with one attached hydrogen (secondary N) is 1. The minimum Gasteiger partial charge on any atom is -0.481 e. The molecule has 2 aromatic carbocycles. The summed E-state index contributed by atoms with van der Waals surface area (Å²) in [6, 6.07) is 19.1. The van der Waals surface area contributed by atoms with Crippen molar-refractivity contribution in [2.75, 3.05) is 10.4 Å². The predicted molar refractivity (Wildman–Crippen MR) is 99.3 cm³/mol. The minimum atomic E-state index is -0.765. The van der Waals surface area contributed by atoms with Crippen molar-refractivity contribution in [3.05, 3.63) is 60.7 Å². The Labute approximate surface area is 148 Å². The molecule has 5 nitrogen and oxygen atoms in total. The molecule has 0 aliphatic heterocycles. The number of amides is 1. The average Bonchev–Trinajstić information content (AvgIpc) is 2.63. The number of para-hydroxylation sites is 2. The van der Waals surface area contributed by atoms with Gasteiger partial charge in [0.1, 0.15) is 0 Å². The van der Waals surface area contributed by atoms with Gasteiger partial charge in [0.05, 0.1) is 11.4 Å². The summed E-state index contributed by atoms with van der Waals surface area (Å²) in [6.45, 7) is 0. The number of unbranched alkanes of at least 4 members (excludes halogenated alkanes) is 3. The van der Waals surface area contributed by atoms with Crippen LogP contribution in [-0.4, -0.2) is 17.0 Å². The van der Waals surface area contributed by atoms with Crippen molar-refractivity contribution in [2.24, 2.45) is 0 Å². The summed E-state index contributed by atoms with van der Waals surface area (Å²) in [5.41, 5.74) is 4.81. The lowest BCUT2D eigenvalue weighted by Gasteiger charge is -2.24. The first-order valence-electron chi connectivity index (χ1n) is 8.58. The van der Waals surface area contributed by atoms with E-state index >= 15 is 0 Å². The van der Waals surface area contributed by atoms with Crippen LogP contribution >= 0.6 is 0 Å². The summed E-state index contributed by atoms with van der Waals surface area (Å²) in [6.07, 6.45) is 3.71. The molecule has 0 saturated carbocycles. The quantitative estimate of drug-likeness (QED) is 0.494. The van der Waals surface area contributed by atoms with E-state index in [2.05, 4.69) is 5.43 Å². The highest BCUT2D eigenvalue weighted by atomic mass is 16.4. The number of carboxylic acids is 1. The van der Waals surface area contributed by atoms with E-state index < -0.39 is 5.97 Å². The van der Waals surface area contributed by atoms with Crippen LogP contribution in [0, 0.1) is 0 Å². The van der Waals surface area contributed by atoms with Crippen molar-refractivity contribution in [3.8, 4) is 0 Å². The monoisotopic (exact) mass is 340 g/mol. The molecule has 0 aromatic heterocycles. The number of hydrazine groups is 1. The van der Waals surface area contributed by atoms with E-state index in [1.54, 1.807) is 5.01 Å². The molecule has 0 heterocycles. The number of benzene rings is 2. The molecule has 132 valence electrons. The van der Waals surface area contributed by atoms with Crippen molar-refractivity contribution in [2.45, 2.75) is 38.5 Å². The van der Waals surface area contributed by atoms with Gasteiger partial charge in [0.25, 0.3) is 0 Å². The zero-order chi connectivity index (χ0) is 17.9. The van der Waals surface area contributed by atoms with Crippen molar-refractivity contribution >= 4 is 23.3 Å². The molecule has 0 radical (unpaired) electrons. The maximum absolute atomic E-state index is 12.7. The smallest absolute Gasteiger partial charge is 0.303 e. The Morgan fingerprint density at radius 2 is 1.36 bits per heavy atom. The molecule has 25 heavy (non-hydrogen) atoms. The molecule has 0 fully saturated rings. The fraction of sp³-hybridized carbons (Fsp3) is 0.300. The van der Waals surface area contributed by atoms with E-state index in [1.165, 1.54) is 0 Å². The van der Waals surface area contributed by atoms with Crippen LogP contribution in [0.15, 0.2) is 60.7 Å². The van der Waals surface area contributed by atoms with Crippen LogP contribution in [0.5, 0.6) is 0 Å². The van der Waals surface area contributed by atoms with Crippen LogP contribution < -0.4 is 10.4 Å². The number of hydrogen-bond acceptors (Lipinski definition) is 3. The minimum absolute atomic E-state index is 0.00622. The Bertz CT molecular complexity index is 659. The van der Waals surface area contributed by atoms with E-state index in [-0.39, 0.29) is 12.3 Å². The molecule has 5 heteroatoms. The van der Waals surface area contributed by atoms with Gasteiger partial charge in [-0.1, -0.05) is 49.2 Å². The van der Waals surface area contributed by atoms with E-state index in [1.807, 2.05) is 60.7 Å². The fourth-order valence-corrected chi connectivity index (χ4v) is 2.51. The number of anilines is 2. The third-order valence-electron chi connectivity index (χ3n) is 3.81. The maximum Gasteiger partial charge on any atom is 0.303 e. The Hall–Kier alpha value is -2.82. The summed E-state index contributed by atoms with van der Waals surface area (Å²) in [7, 11) is 0. The summed E-state index contributed by atoms with van der Waals surface area (Å²) in [5, 5.41) is 10.2.